The van der Waals surface area contributed by atoms with E-state index in [-0.39, 0.29) is 12.0 Å². The first kappa shape index (κ1) is 10.1. The van der Waals surface area contributed by atoms with Gasteiger partial charge in [-0.3, -0.25) is 4.79 Å². The van der Waals surface area contributed by atoms with Crippen LogP contribution < -0.4 is 4.90 Å². The molecule has 0 spiro atoms. The van der Waals surface area contributed by atoms with Crippen molar-refractivity contribution >= 4 is 12.1 Å². The molecule has 4 heteroatoms. The summed E-state index contributed by atoms with van der Waals surface area (Å²) in [6.07, 6.45) is 2.05. The summed E-state index contributed by atoms with van der Waals surface area (Å²) in [6.45, 7) is 3.45. The van der Waals surface area contributed by atoms with E-state index in [1.165, 1.54) is 0 Å². The molecule has 1 aliphatic rings. The van der Waals surface area contributed by atoms with E-state index >= 15 is 0 Å². The Labute approximate surface area is 88.6 Å². The summed E-state index contributed by atoms with van der Waals surface area (Å²) in [4.78, 5) is 16.7. The third-order valence-corrected chi connectivity index (χ3v) is 2.80. The number of aliphatic hydroxyl groups is 1. The highest BCUT2D eigenvalue weighted by Gasteiger charge is 2.28. The van der Waals surface area contributed by atoms with Gasteiger partial charge in [0.05, 0.1) is 6.10 Å². The molecule has 1 aromatic heterocycles. The number of aliphatic hydroxyl groups excluding tert-OH is 1. The number of aldehydes is 1. The maximum absolute atomic E-state index is 10.4. The average molecular weight is 206 g/mol. The lowest BCUT2D eigenvalue weighted by Gasteiger charge is -2.16. The Hall–Kier alpha value is -1.42. The van der Waals surface area contributed by atoms with Gasteiger partial charge in [-0.2, -0.15) is 0 Å². The lowest BCUT2D eigenvalue weighted by atomic mass is 10.1. The number of carbonyl (C=O) groups excluding carboxylic acids is 1. The van der Waals surface area contributed by atoms with E-state index in [1.807, 2.05) is 17.9 Å². The molecule has 15 heavy (non-hydrogen) atoms. The predicted octanol–water partition coefficient (Wildman–Crippen LogP) is 0.711. The lowest BCUT2D eigenvalue weighted by Crippen LogP contribution is -2.22. The Morgan fingerprint density at radius 3 is 2.80 bits per heavy atom. The maximum atomic E-state index is 10.4. The molecule has 0 aromatic carbocycles. The number of β-amino-alcohol motifs (C(OH)–C–C–N with tert-alkyl or cyclic N) is 1. The quantitative estimate of drug-likeness (QED) is 0.724. The van der Waals surface area contributed by atoms with Crippen LogP contribution in [-0.2, 0) is 0 Å². The van der Waals surface area contributed by atoms with Crippen LogP contribution in [0.1, 0.15) is 17.3 Å². The van der Waals surface area contributed by atoms with Crippen molar-refractivity contribution in [3.8, 4) is 0 Å². The van der Waals surface area contributed by atoms with E-state index in [4.69, 9.17) is 0 Å². The van der Waals surface area contributed by atoms with Crippen LogP contribution in [0.5, 0.6) is 0 Å². The van der Waals surface area contributed by atoms with Gasteiger partial charge in [0.1, 0.15) is 5.82 Å². The van der Waals surface area contributed by atoms with Crippen molar-refractivity contribution in [1.29, 1.82) is 0 Å². The minimum absolute atomic E-state index is 0.276. The highest BCUT2D eigenvalue weighted by Crippen LogP contribution is 2.21. The summed E-state index contributed by atoms with van der Waals surface area (Å²) >= 11 is 0. The van der Waals surface area contributed by atoms with Gasteiger partial charge in [0.25, 0.3) is 0 Å². The number of carbonyl (C=O) groups is 1. The van der Waals surface area contributed by atoms with Crippen LogP contribution in [0.3, 0.4) is 0 Å². The van der Waals surface area contributed by atoms with Gasteiger partial charge in [-0.05, 0) is 12.1 Å². The van der Waals surface area contributed by atoms with Crippen LogP contribution in [0, 0.1) is 5.92 Å². The van der Waals surface area contributed by atoms with Crippen molar-refractivity contribution in [3.05, 3.63) is 23.9 Å². The van der Waals surface area contributed by atoms with Crippen molar-refractivity contribution in [3.63, 3.8) is 0 Å². The van der Waals surface area contributed by atoms with Crippen LogP contribution in [-0.4, -0.2) is 35.6 Å². The minimum atomic E-state index is -0.280. The molecule has 1 aliphatic heterocycles. The molecule has 80 valence electrons. The van der Waals surface area contributed by atoms with Gasteiger partial charge < -0.3 is 10.0 Å². The smallest absolute Gasteiger partial charge is 0.151 e. The number of rotatable bonds is 2. The van der Waals surface area contributed by atoms with Gasteiger partial charge in [0.2, 0.25) is 0 Å². The molecule has 0 amide bonds. The molecule has 0 bridgehead atoms. The molecule has 2 unspecified atom stereocenters. The predicted molar refractivity (Wildman–Crippen MR) is 57.0 cm³/mol. The Morgan fingerprint density at radius 2 is 2.33 bits per heavy atom. The monoisotopic (exact) mass is 206 g/mol. The van der Waals surface area contributed by atoms with Gasteiger partial charge in [0, 0.05) is 30.8 Å². The number of anilines is 1. The largest absolute Gasteiger partial charge is 0.391 e. The summed E-state index contributed by atoms with van der Waals surface area (Å²) in [7, 11) is 0. The number of pyridine rings is 1. The molecule has 1 aromatic rings. The Morgan fingerprint density at radius 1 is 1.53 bits per heavy atom. The normalized spacial score (nSPS) is 25.6. The van der Waals surface area contributed by atoms with Gasteiger partial charge in [-0.15, -0.1) is 0 Å². The molecular weight excluding hydrogens is 192 g/mol. The van der Waals surface area contributed by atoms with Gasteiger partial charge in [0.15, 0.2) is 6.29 Å². The Bertz CT molecular complexity index is 340. The molecule has 0 saturated carbocycles. The molecule has 2 heterocycles. The fourth-order valence-electron chi connectivity index (χ4n) is 1.79. The van der Waals surface area contributed by atoms with Crippen molar-refractivity contribution in [2.75, 3.05) is 18.0 Å². The molecule has 1 N–H and O–H groups in total. The zero-order valence-electron chi connectivity index (χ0n) is 8.63. The Kier molecular flexibility index (Phi) is 2.68. The van der Waals surface area contributed by atoms with Gasteiger partial charge in [-0.25, -0.2) is 4.98 Å². The van der Waals surface area contributed by atoms with Crippen LogP contribution in [0.4, 0.5) is 5.82 Å². The van der Waals surface area contributed by atoms with Crippen LogP contribution in [0.2, 0.25) is 0 Å². The average Bonchev–Trinajstić information content (AvgIpc) is 2.59. The van der Waals surface area contributed by atoms with Crippen LogP contribution in [0.15, 0.2) is 18.3 Å². The summed E-state index contributed by atoms with van der Waals surface area (Å²) < 4.78 is 0. The Balaban J connectivity index is 2.13. The summed E-state index contributed by atoms with van der Waals surface area (Å²) in [5.41, 5.74) is 0.576. The molecule has 0 aliphatic carbocycles. The molecule has 4 nitrogen and oxygen atoms in total. The van der Waals surface area contributed by atoms with Crippen molar-refractivity contribution in [2.45, 2.75) is 13.0 Å². The first-order chi connectivity index (χ1) is 7.20. The second-order valence-corrected chi connectivity index (χ2v) is 4.02. The molecule has 2 rings (SSSR count). The van der Waals surface area contributed by atoms with Crippen LogP contribution >= 0.6 is 0 Å². The topological polar surface area (TPSA) is 53.4 Å². The van der Waals surface area contributed by atoms with E-state index in [1.54, 1.807) is 12.3 Å². The van der Waals surface area contributed by atoms with E-state index in [9.17, 15) is 9.90 Å². The summed E-state index contributed by atoms with van der Waals surface area (Å²) in [5, 5.41) is 9.60. The zero-order chi connectivity index (χ0) is 10.8. The number of nitrogens with zero attached hydrogens (tertiary/aromatic N) is 2. The number of hydrogen-bond acceptors (Lipinski definition) is 4. The second kappa shape index (κ2) is 3.98. The SMILES string of the molecule is CC1CN(c2ccc(C=O)cn2)CC1O. The maximum Gasteiger partial charge on any atom is 0.151 e. The minimum Gasteiger partial charge on any atom is -0.391 e. The van der Waals surface area contributed by atoms with E-state index < -0.39 is 0 Å². The zero-order valence-corrected chi connectivity index (χ0v) is 8.63. The van der Waals surface area contributed by atoms with Gasteiger partial charge in [-0.1, -0.05) is 6.92 Å². The van der Waals surface area contributed by atoms with E-state index in [0.29, 0.717) is 12.1 Å². The van der Waals surface area contributed by atoms with Crippen molar-refractivity contribution < 1.29 is 9.90 Å². The highest BCUT2D eigenvalue weighted by atomic mass is 16.3. The summed E-state index contributed by atoms with van der Waals surface area (Å²) in [6, 6.07) is 3.55. The van der Waals surface area contributed by atoms with Crippen molar-refractivity contribution in [1.82, 2.24) is 4.98 Å². The third-order valence-electron chi connectivity index (χ3n) is 2.80. The second-order valence-electron chi connectivity index (χ2n) is 4.02. The molecule has 1 fully saturated rings. The molecule has 1 saturated heterocycles. The molecular formula is C11H14N2O2. The highest BCUT2D eigenvalue weighted by molar-refractivity contribution is 5.74. The lowest BCUT2D eigenvalue weighted by molar-refractivity contribution is 0.112. The summed E-state index contributed by atoms with van der Waals surface area (Å²) in [5.74, 6) is 1.10. The van der Waals surface area contributed by atoms with Crippen LogP contribution in [0.25, 0.3) is 0 Å². The fourth-order valence-corrected chi connectivity index (χ4v) is 1.79. The number of hydrogen-bond donors (Lipinski definition) is 1. The molecule has 2 atom stereocenters. The van der Waals surface area contributed by atoms with E-state index in [0.717, 1.165) is 18.6 Å². The third kappa shape index (κ3) is 1.99. The fraction of sp³-hybridized carbons (Fsp3) is 0.455. The van der Waals surface area contributed by atoms with Crippen molar-refractivity contribution in [2.24, 2.45) is 5.92 Å². The van der Waals surface area contributed by atoms with E-state index in [2.05, 4.69) is 4.98 Å². The first-order valence-corrected chi connectivity index (χ1v) is 5.05. The first-order valence-electron chi connectivity index (χ1n) is 5.05. The number of aromatic nitrogens is 1. The standard InChI is InChI=1S/C11H14N2O2/c1-8-5-13(6-10(8)15)11-3-2-9(7-14)4-12-11/h2-4,7-8,10,15H,5-6H2,1H3. The van der Waals surface area contributed by atoms with Gasteiger partial charge >= 0.3 is 0 Å². The molecule has 0 radical (unpaired) electrons.